The summed E-state index contributed by atoms with van der Waals surface area (Å²) in [6.45, 7) is 0.735. The summed E-state index contributed by atoms with van der Waals surface area (Å²) in [4.78, 5) is 10.3. The Bertz CT molecular complexity index is 453. The number of halogens is 1. The largest absolute Gasteiger partial charge is 0.364 e. The van der Waals surface area contributed by atoms with Crippen molar-refractivity contribution in [2.75, 3.05) is 6.61 Å². The molecule has 0 aliphatic carbocycles. The Balaban J connectivity index is 2.76. The SMILES string of the molecule is O=[N+]([O-])c1cccc(COCC#C[SiH3])c1I. The van der Waals surface area contributed by atoms with E-state index in [-0.39, 0.29) is 10.6 Å². The van der Waals surface area contributed by atoms with Gasteiger partial charge >= 0.3 is 0 Å². The Morgan fingerprint density at radius 3 is 2.94 bits per heavy atom. The van der Waals surface area contributed by atoms with Crippen molar-refractivity contribution in [2.45, 2.75) is 6.61 Å². The van der Waals surface area contributed by atoms with Crippen LogP contribution < -0.4 is 0 Å². The van der Waals surface area contributed by atoms with Crippen molar-refractivity contribution in [2.24, 2.45) is 0 Å². The maximum absolute atomic E-state index is 10.7. The fourth-order valence-electron chi connectivity index (χ4n) is 1.10. The van der Waals surface area contributed by atoms with E-state index in [9.17, 15) is 10.1 Å². The molecule has 0 fully saturated rings. The van der Waals surface area contributed by atoms with Gasteiger partial charge in [0.1, 0.15) is 6.61 Å². The third-order valence-electron chi connectivity index (χ3n) is 1.86. The molecule has 1 aromatic carbocycles. The molecular formula is C10H10INO3Si. The first kappa shape index (κ1) is 13.2. The summed E-state index contributed by atoms with van der Waals surface area (Å²) in [5.74, 6) is 2.83. The summed E-state index contributed by atoms with van der Waals surface area (Å²) < 4.78 is 5.93. The molecule has 0 bridgehead atoms. The van der Waals surface area contributed by atoms with Crippen molar-refractivity contribution in [3.05, 3.63) is 37.4 Å². The standard InChI is InChI=1S/C10H10INO3Si/c11-10-8(7-15-5-2-6-16)3-1-4-9(10)12(13)14/h1,3-4H,5,7H2,16H3. The summed E-state index contributed by atoms with van der Waals surface area (Å²) in [6.07, 6.45) is 0. The fraction of sp³-hybridized carbons (Fsp3) is 0.200. The van der Waals surface area contributed by atoms with Crippen LogP contribution >= 0.6 is 22.6 Å². The molecule has 1 rings (SSSR count). The molecule has 0 heterocycles. The lowest BCUT2D eigenvalue weighted by molar-refractivity contribution is -0.385. The number of ether oxygens (including phenoxy) is 1. The van der Waals surface area contributed by atoms with Gasteiger partial charge in [0.05, 0.1) is 25.3 Å². The molecule has 0 amide bonds. The van der Waals surface area contributed by atoms with Gasteiger partial charge in [-0.3, -0.25) is 10.1 Å². The van der Waals surface area contributed by atoms with Crippen LogP contribution in [0.25, 0.3) is 0 Å². The molecule has 0 aliphatic heterocycles. The van der Waals surface area contributed by atoms with E-state index in [0.29, 0.717) is 16.8 Å². The maximum atomic E-state index is 10.7. The Kier molecular flexibility index (Phi) is 5.44. The third-order valence-corrected chi connectivity index (χ3v) is 3.46. The van der Waals surface area contributed by atoms with Gasteiger partial charge in [0.15, 0.2) is 0 Å². The van der Waals surface area contributed by atoms with E-state index in [0.717, 1.165) is 15.8 Å². The number of rotatable bonds is 4. The van der Waals surface area contributed by atoms with Gasteiger partial charge in [-0.1, -0.05) is 18.1 Å². The van der Waals surface area contributed by atoms with Crippen molar-refractivity contribution in [1.29, 1.82) is 0 Å². The van der Waals surface area contributed by atoms with E-state index >= 15 is 0 Å². The molecule has 16 heavy (non-hydrogen) atoms. The highest BCUT2D eigenvalue weighted by atomic mass is 127. The predicted molar refractivity (Wildman–Crippen MR) is 73.2 cm³/mol. The zero-order chi connectivity index (χ0) is 12.0. The van der Waals surface area contributed by atoms with Crippen LogP contribution in [-0.4, -0.2) is 21.8 Å². The number of nitrogens with zero attached hydrogens (tertiary/aromatic N) is 1. The molecule has 4 nitrogen and oxygen atoms in total. The van der Waals surface area contributed by atoms with E-state index in [1.54, 1.807) is 6.07 Å². The zero-order valence-corrected chi connectivity index (χ0v) is 12.9. The van der Waals surface area contributed by atoms with Crippen LogP contribution in [0.4, 0.5) is 5.69 Å². The van der Waals surface area contributed by atoms with Gasteiger partial charge in [0, 0.05) is 6.07 Å². The highest BCUT2D eigenvalue weighted by Crippen LogP contribution is 2.24. The number of hydrogen-bond acceptors (Lipinski definition) is 3. The molecule has 0 spiro atoms. The van der Waals surface area contributed by atoms with Gasteiger partial charge < -0.3 is 4.74 Å². The average Bonchev–Trinajstić information content (AvgIpc) is 2.26. The number of nitro benzene ring substituents is 1. The molecule has 84 valence electrons. The first-order chi connectivity index (χ1) is 7.66. The Labute approximate surface area is 110 Å². The minimum absolute atomic E-state index is 0.121. The van der Waals surface area contributed by atoms with Crippen LogP contribution in [-0.2, 0) is 11.3 Å². The Hall–Kier alpha value is -0.913. The summed E-state index contributed by atoms with van der Waals surface area (Å²) in [5.41, 5.74) is 3.80. The molecule has 0 unspecified atom stereocenters. The third kappa shape index (κ3) is 3.59. The quantitative estimate of drug-likeness (QED) is 0.204. The monoisotopic (exact) mass is 347 g/mol. The van der Waals surface area contributed by atoms with Gasteiger partial charge in [-0.25, -0.2) is 0 Å². The van der Waals surface area contributed by atoms with E-state index in [2.05, 4.69) is 11.5 Å². The summed E-state index contributed by atoms with van der Waals surface area (Å²) >= 11 is 1.97. The lowest BCUT2D eigenvalue weighted by atomic mass is 10.2. The van der Waals surface area contributed by atoms with Crippen LogP contribution in [0, 0.1) is 25.1 Å². The van der Waals surface area contributed by atoms with Crippen molar-refractivity contribution >= 4 is 38.5 Å². The first-order valence-corrected chi connectivity index (χ1v) is 6.63. The van der Waals surface area contributed by atoms with Crippen LogP contribution in [0.1, 0.15) is 5.56 Å². The predicted octanol–water partition coefficient (Wildman–Crippen LogP) is 1.04. The molecule has 0 saturated carbocycles. The molecule has 0 aromatic heterocycles. The Morgan fingerprint density at radius 2 is 2.31 bits per heavy atom. The smallest absolute Gasteiger partial charge is 0.283 e. The summed E-state index contributed by atoms with van der Waals surface area (Å²) in [5, 5.41) is 10.7. The highest BCUT2D eigenvalue weighted by Gasteiger charge is 2.14. The van der Waals surface area contributed by atoms with Crippen molar-refractivity contribution < 1.29 is 9.66 Å². The van der Waals surface area contributed by atoms with Crippen LogP contribution in [0.2, 0.25) is 0 Å². The fourth-order valence-corrected chi connectivity index (χ4v) is 1.96. The molecule has 1 aromatic rings. The Morgan fingerprint density at radius 1 is 1.56 bits per heavy atom. The van der Waals surface area contributed by atoms with Crippen molar-refractivity contribution in [1.82, 2.24) is 0 Å². The van der Waals surface area contributed by atoms with Gasteiger partial charge in [-0.2, -0.15) is 0 Å². The lowest BCUT2D eigenvalue weighted by Gasteiger charge is -2.04. The molecule has 0 radical (unpaired) electrons. The number of nitro groups is 1. The maximum Gasteiger partial charge on any atom is 0.283 e. The average molecular weight is 347 g/mol. The van der Waals surface area contributed by atoms with Gasteiger partial charge in [-0.05, 0) is 28.2 Å². The minimum atomic E-state index is -0.386. The molecular weight excluding hydrogens is 337 g/mol. The molecule has 6 heteroatoms. The lowest BCUT2D eigenvalue weighted by Crippen LogP contribution is -1.99. The highest BCUT2D eigenvalue weighted by molar-refractivity contribution is 14.1. The second kappa shape index (κ2) is 6.62. The number of hydrogen-bond donors (Lipinski definition) is 0. The molecule has 0 N–H and O–H groups in total. The van der Waals surface area contributed by atoms with E-state index in [1.165, 1.54) is 6.07 Å². The zero-order valence-electron chi connectivity index (χ0n) is 8.70. The second-order valence-electron chi connectivity index (χ2n) is 2.93. The van der Waals surface area contributed by atoms with Gasteiger partial charge in [-0.15, -0.1) is 5.54 Å². The van der Waals surface area contributed by atoms with E-state index < -0.39 is 0 Å². The summed E-state index contributed by atoms with van der Waals surface area (Å²) in [7, 11) is 0.838. The minimum Gasteiger partial charge on any atom is -0.364 e. The number of benzene rings is 1. The molecule has 0 atom stereocenters. The normalized spacial score (nSPS) is 9.56. The van der Waals surface area contributed by atoms with Gasteiger partial charge in [0.2, 0.25) is 0 Å². The first-order valence-electron chi connectivity index (χ1n) is 4.56. The van der Waals surface area contributed by atoms with E-state index in [1.807, 2.05) is 28.7 Å². The molecule has 0 aliphatic rings. The van der Waals surface area contributed by atoms with Crippen LogP contribution in [0.3, 0.4) is 0 Å². The van der Waals surface area contributed by atoms with Gasteiger partial charge in [0.25, 0.3) is 5.69 Å². The topological polar surface area (TPSA) is 52.4 Å². The second-order valence-corrected chi connectivity index (χ2v) is 4.51. The van der Waals surface area contributed by atoms with Crippen LogP contribution in [0.5, 0.6) is 0 Å². The van der Waals surface area contributed by atoms with E-state index in [4.69, 9.17) is 4.74 Å². The molecule has 0 saturated heterocycles. The van der Waals surface area contributed by atoms with Crippen molar-refractivity contribution in [3.63, 3.8) is 0 Å². The summed E-state index contributed by atoms with van der Waals surface area (Å²) in [6, 6.07) is 4.98. The van der Waals surface area contributed by atoms with Crippen molar-refractivity contribution in [3.8, 4) is 11.5 Å². The van der Waals surface area contributed by atoms with Crippen LogP contribution in [0.15, 0.2) is 18.2 Å².